The number of carbonyl (C=O) groups is 3. The Labute approximate surface area is 190 Å². The van der Waals surface area contributed by atoms with Gasteiger partial charge in [0.1, 0.15) is 0 Å². The summed E-state index contributed by atoms with van der Waals surface area (Å²) in [6, 6.07) is 15.3. The molecule has 0 aliphatic heterocycles. The van der Waals surface area contributed by atoms with E-state index in [4.69, 9.17) is 18.6 Å². The number of hydrogen-bond acceptors (Lipinski definition) is 7. The van der Waals surface area contributed by atoms with Gasteiger partial charge in [0.15, 0.2) is 23.9 Å². The van der Waals surface area contributed by atoms with Crippen LogP contribution in [0.4, 0.5) is 5.69 Å². The third-order valence-electron chi connectivity index (χ3n) is 4.75. The fraction of sp³-hybridized carbons (Fsp3) is 0.208. The number of esters is 1. The Morgan fingerprint density at radius 2 is 1.67 bits per heavy atom. The third kappa shape index (κ3) is 5.91. The third-order valence-corrected chi connectivity index (χ3v) is 4.75. The molecule has 0 spiro atoms. The molecule has 9 nitrogen and oxygen atoms in total. The second-order valence-corrected chi connectivity index (χ2v) is 7.00. The molecule has 33 heavy (non-hydrogen) atoms. The molecule has 1 aromatic heterocycles. The van der Waals surface area contributed by atoms with Gasteiger partial charge in [-0.15, -0.1) is 0 Å². The predicted octanol–water partition coefficient (Wildman–Crippen LogP) is 3.36. The molecule has 9 heteroatoms. The monoisotopic (exact) mass is 452 g/mol. The number of nitrogens with zero attached hydrogens (tertiary/aromatic N) is 1. The molecule has 0 fully saturated rings. The Hall–Kier alpha value is -4.27. The molecule has 172 valence electrons. The normalized spacial score (nSPS) is 10.3. The standard InChI is InChI=1S/C24H24N2O7/c1-26(14-16-8-5-4-6-9-16)22(27)15-33-24(29)17-12-20(30-2)21(31-3)13-18(17)25-23(28)19-10-7-11-32-19/h4-13H,14-15H2,1-3H3,(H,25,28). The van der Waals surface area contributed by atoms with E-state index in [0.29, 0.717) is 12.3 Å². The van der Waals surface area contributed by atoms with Gasteiger partial charge in [-0.1, -0.05) is 30.3 Å². The molecular weight excluding hydrogens is 428 g/mol. The highest BCUT2D eigenvalue weighted by molar-refractivity contribution is 6.07. The van der Waals surface area contributed by atoms with Crippen LogP contribution in [0, 0.1) is 0 Å². The first kappa shape index (κ1) is 23.4. The van der Waals surface area contributed by atoms with Gasteiger partial charge in [-0.3, -0.25) is 9.59 Å². The van der Waals surface area contributed by atoms with Crippen LogP contribution in [-0.4, -0.2) is 50.6 Å². The highest BCUT2D eigenvalue weighted by atomic mass is 16.5. The molecule has 3 rings (SSSR count). The molecule has 0 saturated carbocycles. The van der Waals surface area contributed by atoms with Crippen LogP contribution in [0.3, 0.4) is 0 Å². The Kier molecular flexibility index (Phi) is 7.69. The first-order chi connectivity index (χ1) is 15.9. The van der Waals surface area contributed by atoms with Crippen LogP contribution in [-0.2, 0) is 16.1 Å². The van der Waals surface area contributed by atoms with Crippen molar-refractivity contribution in [3.05, 3.63) is 77.7 Å². The van der Waals surface area contributed by atoms with Crippen LogP contribution in [0.15, 0.2) is 65.3 Å². The van der Waals surface area contributed by atoms with Crippen LogP contribution < -0.4 is 14.8 Å². The minimum Gasteiger partial charge on any atom is -0.493 e. The molecule has 2 aromatic carbocycles. The maximum absolute atomic E-state index is 12.8. The molecule has 0 radical (unpaired) electrons. The number of methoxy groups -OCH3 is 2. The van der Waals surface area contributed by atoms with E-state index < -0.39 is 18.5 Å². The van der Waals surface area contributed by atoms with Crippen LogP contribution >= 0.6 is 0 Å². The van der Waals surface area contributed by atoms with Gasteiger partial charge < -0.3 is 28.8 Å². The van der Waals surface area contributed by atoms with Gasteiger partial charge in [-0.2, -0.15) is 0 Å². The van der Waals surface area contributed by atoms with Crippen molar-refractivity contribution in [2.45, 2.75) is 6.54 Å². The molecular formula is C24H24N2O7. The lowest BCUT2D eigenvalue weighted by Crippen LogP contribution is -2.31. The summed E-state index contributed by atoms with van der Waals surface area (Å²) in [4.78, 5) is 39.2. The van der Waals surface area contributed by atoms with E-state index in [1.807, 2.05) is 30.3 Å². The second kappa shape index (κ2) is 10.9. The Morgan fingerprint density at radius 1 is 0.970 bits per heavy atom. The van der Waals surface area contributed by atoms with Gasteiger partial charge >= 0.3 is 5.97 Å². The van der Waals surface area contributed by atoms with Crippen LogP contribution in [0.5, 0.6) is 11.5 Å². The molecule has 0 aliphatic carbocycles. The summed E-state index contributed by atoms with van der Waals surface area (Å²) in [6.07, 6.45) is 1.36. The fourth-order valence-corrected chi connectivity index (χ4v) is 3.00. The van der Waals surface area contributed by atoms with Crippen molar-refractivity contribution in [2.24, 2.45) is 0 Å². The predicted molar refractivity (Wildman–Crippen MR) is 119 cm³/mol. The summed E-state index contributed by atoms with van der Waals surface area (Å²) in [5, 5.41) is 2.60. The lowest BCUT2D eigenvalue weighted by atomic mass is 10.1. The zero-order chi connectivity index (χ0) is 23.8. The number of carbonyl (C=O) groups excluding carboxylic acids is 3. The van der Waals surface area contributed by atoms with Gasteiger partial charge in [0.25, 0.3) is 11.8 Å². The number of likely N-dealkylation sites (N-methyl/N-ethyl adjacent to an activating group) is 1. The van der Waals surface area contributed by atoms with Crippen molar-refractivity contribution < 1.29 is 33.0 Å². The summed E-state index contributed by atoms with van der Waals surface area (Å²) in [5.74, 6) is -1.15. The van der Waals surface area contributed by atoms with Crippen molar-refractivity contribution >= 4 is 23.5 Å². The minimum absolute atomic E-state index is 0.00827. The number of rotatable bonds is 9. The van der Waals surface area contributed by atoms with Crippen molar-refractivity contribution in [3.8, 4) is 11.5 Å². The van der Waals surface area contributed by atoms with Gasteiger partial charge in [0.05, 0.1) is 31.7 Å². The average molecular weight is 452 g/mol. The molecule has 2 amide bonds. The van der Waals surface area contributed by atoms with Crippen molar-refractivity contribution in [1.82, 2.24) is 4.90 Å². The van der Waals surface area contributed by atoms with Gasteiger partial charge in [-0.05, 0) is 17.7 Å². The maximum atomic E-state index is 12.8. The molecule has 1 heterocycles. The summed E-state index contributed by atoms with van der Waals surface area (Å²) < 4.78 is 20.8. The number of anilines is 1. The van der Waals surface area contributed by atoms with Gasteiger partial charge in [0, 0.05) is 25.7 Å². The minimum atomic E-state index is -0.813. The summed E-state index contributed by atoms with van der Waals surface area (Å²) in [5.41, 5.74) is 1.05. The number of ether oxygens (including phenoxy) is 3. The maximum Gasteiger partial charge on any atom is 0.340 e. The highest BCUT2D eigenvalue weighted by Crippen LogP contribution is 2.34. The molecule has 0 atom stereocenters. The van der Waals surface area contributed by atoms with Crippen LogP contribution in [0.1, 0.15) is 26.5 Å². The van der Waals surface area contributed by atoms with Crippen molar-refractivity contribution in [3.63, 3.8) is 0 Å². The summed E-state index contributed by atoms with van der Waals surface area (Å²) in [6.45, 7) is -0.0971. The van der Waals surface area contributed by atoms with Gasteiger partial charge in [-0.25, -0.2) is 4.79 Å². The molecule has 0 saturated heterocycles. The molecule has 1 N–H and O–H groups in total. The second-order valence-electron chi connectivity index (χ2n) is 7.00. The highest BCUT2D eigenvalue weighted by Gasteiger charge is 2.22. The van der Waals surface area contributed by atoms with E-state index in [1.54, 1.807) is 13.1 Å². The smallest absolute Gasteiger partial charge is 0.340 e. The lowest BCUT2D eigenvalue weighted by molar-refractivity contribution is -0.133. The SMILES string of the molecule is COc1cc(NC(=O)c2ccco2)c(C(=O)OCC(=O)N(C)Cc2ccccc2)cc1OC. The topological polar surface area (TPSA) is 107 Å². The summed E-state index contributed by atoms with van der Waals surface area (Å²) >= 11 is 0. The lowest BCUT2D eigenvalue weighted by Gasteiger charge is -2.18. The van der Waals surface area contributed by atoms with E-state index in [-0.39, 0.29) is 28.7 Å². The molecule has 3 aromatic rings. The number of nitrogens with one attached hydrogen (secondary N) is 1. The molecule has 0 aliphatic rings. The zero-order valence-electron chi connectivity index (χ0n) is 18.5. The number of hydrogen-bond donors (Lipinski definition) is 1. The van der Waals surface area contributed by atoms with Crippen LogP contribution in [0.25, 0.3) is 0 Å². The van der Waals surface area contributed by atoms with E-state index in [0.717, 1.165) is 5.56 Å². The van der Waals surface area contributed by atoms with E-state index >= 15 is 0 Å². The first-order valence-corrected chi connectivity index (χ1v) is 9.98. The Morgan fingerprint density at radius 3 is 2.30 bits per heavy atom. The van der Waals surface area contributed by atoms with E-state index in [9.17, 15) is 14.4 Å². The average Bonchev–Trinajstić information content (AvgIpc) is 3.37. The molecule has 0 unspecified atom stereocenters. The van der Waals surface area contributed by atoms with Crippen molar-refractivity contribution in [2.75, 3.05) is 33.2 Å². The fourth-order valence-electron chi connectivity index (χ4n) is 3.00. The Bertz CT molecular complexity index is 1110. The van der Waals surface area contributed by atoms with E-state index in [1.165, 1.54) is 43.6 Å². The zero-order valence-corrected chi connectivity index (χ0v) is 18.5. The number of amides is 2. The van der Waals surface area contributed by atoms with Gasteiger partial charge in [0.2, 0.25) is 0 Å². The largest absolute Gasteiger partial charge is 0.493 e. The van der Waals surface area contributed by atoms with Crippen LogP contribution in [0.2, 0.25) is 0 Å². The summed E-state index contributed by atoms with van der Waals surface area (Å²) in [7, 11) is 4.46. The van der Waals surface area contributed by atoms with Crippen molar-refractivity contribution in [1.29, 1.82) is 0 Å². The number of furan rings is 1. The quantitative estimate of drug-likeness (QED) is 0.496. The Balaban J connectivity index is 1.74. The number of benzene rings is 2. The molecule has 0 bridgehead atoms. The first-order valence-electron chi connectivity index (χ1n) is 9.98. The van der Waals surface area contributed by atoms with E-state index in [2.05, 4.69) is 5.32 Å².